The highest BCUT2D eigenvalue weighted by Crippen LogP contribution is 2.29. The molecule has 24 heavy (non-hydrogen) atoms. The van der Waals surface area contributed by atoms with Gasteiger partial charge in [0.2, 0.25) is 0 Å². The van der Waals surface area contributed by atoms with Crippen LogP contribution in [0.3, 0.4) is 0 Å². The third-order valence-electron chi connectivity index (χ3n) is 4.24. The van der Waals surface area contributed by atoms with Crippen LogP contribution in [-0.2, 0) is 0 Å². The highest BCUT2D eigenvalue weighted by molar-refractivity contribution is 9.10. The number of carbonyl (C=O) groups is 1. The van der Waals surface area contributed by atoms with E-state index in [1.165, 1.54) is 6.07 Å². The molecule has 1 aromatic carbocycles. The van der Waals surface area contributed by atoms with E-state index in [2.05, 4.69) is 26.1 Å². The number of furan rings is 1. The van der Waals surface area contributed by atoms with Gasteiger partial charge in [0.15, 0.2) is 0 Å². The summed E-state index contributed by atoms with van der Waals surface area (Å²) in [5.74, 6) is -0.589. The van der Waals surface area contributed by atoms with Crippen LogP contribution >= 0.6 is 15.9 Å². The lowest BCUT2D eigenvalue weighted by atomic mass is 10.1. The smallest absolute Gasteiger partial charge is 0.253 e. The Kier molecular flexibility index (Phi) is 5.20. The Morgan fingerprint density at radius 1 is 1.42 bits per heavy atom. The van der Waals surface area contributed by atoms with E-state index in [0.717, 1.165) is 31.7 Å². The van der Waals surface area contributed by atoms with Crippen LogP contribution in [0.4, 0.5) is 10.1 Å². The Hall–Kier alpha value is -1.86. The van der Waals surface area contributed by atoms with E-state index in [0.29, 0.717) is 16.7 Å². The Labute approximate surface area is 148 Å². The van der Waals surface area contributed by atoms with Crippen molar-refractivity contribution in [1.29, 1.82) is 0 Å². The number of likely N-dealkylation sites (tertiary alicyclic amines) is 1. The molecule has 2 heterocycles. The number of halogens is 2. The largest absolute Gasteiger partial charge is 0.468 e. The monoisotopic (exact) mass is 395 g/mol. The quantitative estimate of drug-likeness (QED) is 0.784. The first kappa shape index (κ1) is 17.0. The van der Waals surface area contributed by atoms with E-state index in [4.69, 9.17) is 10.2 Å². The highest BCUT2D eigenvalue weighted by atomic mass is 79.9. The van der Waals surface area contributed by atoms with E-state index in [1.807, 2.05) is 12.1 Å². The van der Waals surface area contributed by atoms with Gasteiger partial charge in [0, 0.05) is 11.0 Å². The number of amides is 1. The van der Waals surface area contributed by atoms with E-state index in [-0.39, 0.29) is 11.6 Å². The van der Waals surface area contributed by atoms with Gasteiger partial charge in [-0.05, 0) is 50.2 Å². The molecule has 1 amide bonds. The average Bonchev–Trinajstić information content (AvgIpc) is 3.19. The normalized spacial score (nSPS) is 16.2. The molecule has 1 saturated heterocycles. The molecule has 3 N–H and O–H groups in total. The number of nitrogens with two attached hydrogens (primary N) is 1. The molecule has 1 aliphatic rings. The lowest BCUT2D eigenvalue weighted by Crippen LogP contribution is -2.31. The SMILES string of the molecule is NC(=O)c1c(F)cc(Br)cc1NCC(c1ccco1)N1CCCC1. The number of carbonyl (C=O) groups excluding carboxylic acids is 1. The lowest BCUT2D eigenvalue weighted by molar-refractivity contribution is 0.0997. The fourth-order valence-electron chi connectivity index (χ4n) is 3.11. The van der Waals surface area contributed by atoms with Crippen molar-refractivity contribution in [2.24, 2.45) is 5.73 Å². The summed E-state index contributed by atoms with van der Waals surface area (Å²) in [5.41, 5.74) is 5.58. The first-order chi connectivity index (χ1) is 11.6. The zero-order valence-electron chi connectivity index (χ0n) is 13.1. The molecule has 1 aromatic heterocycles. The molecule has 2 aromatic rings. The number of hydrogen-bond acceptors (Lipinski definition) is 4. The third-order valence-corrected chi connectivity index (χ3v) is 4.70. The second kappa shape index (κ2) is 7.36. The molecule has 128 valence electrons. The molecule has 1 aliphatic heterocycles. The maximum atomic E-state index is 14.1. The minimum atomic E-state index is -0.793. The number of hydrogen-bond donors (Lipinski definition) is 2. The van der Waals surface area contributed by atoms with Crippen molar-refractivity contribution in [1.82, 2.24) is 4.90 Å². The molecule has 0 aliphatic carbocycles. The first-order valence-corrected chi connectivity index (χ1v) is 8.65. The molecule has 5 nitrogen and oxygen atoms in total. The van der Waals surface area contributed by atoms with Crippen LogP contribution in [0.15, 0.2) is 39.4 Å². The number of rotatable bonds is 6. The van der Waals surface area contributed by atoms with Gasteiger partial charge in [0.1, 0.15) is 11.6 Å². The number of benzene rings is 1. The van der Waals surface area contributed by atoms with Crippen LogP contribution in [0, 0.1) is 5.82 Å². The minimum absolute atomic E-state index is 0.0188. The molecule has 1 fully saturated rings. The van der Waals surface area contributed by atoms with Crippen molar-refractivity contribution in [2.75, 3.05) is 25.0 Å². The van der Waals surface area contributed by atoms with Gasteiger partial charge in [0.25, 0.3) is 5.91 Å². The van der Waals surface area contributed by atoms with Gasteiger partial charge in [-0.25, -0.2) is 4.39 Å². The minimum Gasteiger partial charge on any atom is -0.468 e. The van der Waals surface area contributed by atoms with Crippen molar-refractivity contribution in [2.45, 2.75) is 18.9 Å². The van der Waals surface area contributed by atoms with Gasteiger partial charge in [-0.15, -0.1) is 0 Å². The second-order valence-electron chi connectivity index (χ2n) is 5.83. The van der Waals surface area contributed by atoms with E-state index < -0.39 is 11.7 Å². The van der Waals surface area contributed by atoms with Crippen molar-refractivity contribution in [3.8, 4) is 0 Å². The second-order valence-corrected chi connectivity index (χ2v) is 6.75. The summed E-state index contributed by atoms with van der Waals surface area (Å²) in [5, 5.41) is 3.17. The lowest BCUT2D eigenvalue weighted by Gasteiger charge is -2.26. The van der Waals surface area contributed by atoms with Crippen molar-refractivity contribution in [3.05, 3.63) is 52.1 Å². The van der Waals surface area contributed by atoms with Crippen LogP contribution in [0.5, 0.6) is 0 Å². The van der Waals surface area contributed by atoms with Gasteiger partial charge in [0.05, 0.1) is 23.6 Å². The Morgan fingerprint density at radius 2 is 2.17 bits per heavy atom. The molecule has 0 saturated carbocycles. The van der Waals surface area contributed by atoms with Crippen molar-refractivity contribution < 1.29 is 13.6 Å². The summed E-state index contributed by atoms with van der Waals surface area (Å²) in [6.45, 7) is 2.47. The molecule has 0 spiro atoms. The average molecular weight is 396 g/mol. The highest BCUT2D eigenvalue weighted by Gasteiger charge is 2.26. The van der Waals surface area contributed by atoms with Crippen LogP contribution in [0.2, 0.25) is 0 Å². The number of anilines is 1. The molecule has 3 rings (SSSR count). The van der Waals surface area contributed by atoms with Gasteiger partial charge < -0.3 is 15.5 Å². The maximum Gasteiger partial charge on any atom is 0.253 e. The third kappa shape index (κ3) is 3.62. The zero-order valence-corrected chi connectivity index (χ0v) is 14.7. The van der Waals surface area contributed by atoms with Gasteiger partial charge >= 0.3 is 0 Å². The van der Waals surface area contributed by atoms with Crippen molar-refractivity contribution in [3.63, 3.8) is 0 Å². The topological polar surface area (TPSA) is 71.5 Å². The summed E-state index contributed by atoms with van der Waals surface area (Å²) < 4.78 is 20.2. The summed E-state index contributed by atoms with van der Waals surface area (Å²) in [6, 6.07) is 6.69. The Bertz CT molecular complexity index is 715. The summed E-state index contributed by atoms with van der Waals surface area (Å²) in [4.78, 5) is 13.9. The summed E-state index contributed by atoms with van der Waals surface area (Å²) >= 11 is 3.25. The van der Waals surface area contributed by atoms with E-state index in [9.17, 15) is 9.18 Å². The van der Waals surface area contributed by atoms with Gasteiger partial charge in [-0.2, -0.15) is 0 Å². The first-order valence-electron chi connectivity index (χ1n) is 7.86. The Morgan fingerprint density at radius 3 is 2.79 bits per heavy atom. The molecule has 0 radical (unpaired) electrons. The van der Waals surface area contributed by atoms with Gasteiger partial charge in [-0.1, -0.05) is 15.9 Å². The number of nitrogens with zero attached hydrogens (tertiary/aromatic N) is 1. The fraction of sp³-hybridized carbons (Fsp3) is 0.353. The number of nitrogens with one attached hydrogen (secondary N) is 1. The molecular weight excluding hydrogens is 377 g/mol. The maximum absolute atomic E-state index is 14.1. The van der Waals surface area contributed by atoms with Crippen molar-refractivity contribution >= 4 is 27.5 Å². The molecule has 1 atom stereocenters. The Balaban J connectivity index is 1.83. The summed E-state index contributed by atoms with van der Waals surface area (Å²) in [7, 11) is 0. The molecule has 7 heteroatoms. The van der Waals surface area contributed by atoms with Crippen LogP contribution < -0.4 is 11.1 Å². The van der Waals surface area contributed by atoms with E-state index >= 15 is 0 Å². The van der Waals surface area contributed by atoms with Crippen LogP contribution in [0.1, 0.15) is 35.0 Å². The zero-order chi connectivity index (χ0) is 17.1. The molecule has 0 bridgehead atoms. The summed E-state index contributed by atoms with van der Waals surface area (Å²) in [6.07, 6.45) is 3.94. The van der Waals surface area contributed by atoms with E-state index in [1.54, 1.807) is 12.3 Å². The molecule has 1 unspecified atom stereocenters. The van der Waals surface area contributed by atoms with Crippen LogP contribution in [0.25, 0.3) is 0 Å². The van der Waals surface area contributed by atoms with Crippen LogP contribution in [-0.4, -0.2) is 30.4 Å². The standard InChI is InChI=1S/C17H19BrFN3O2/c18-11-8-12(19)16(17(20)23)13(9-11)21-10-14(15-4-3-7-24-15)22-5-1-2-6-22/h3-4,7-9,14,21H,1-2,5-6,10H2,(H2,20,23). The predicted octanol–water partition coefficient (Wildman–Crippen LogP) is 3.53. The fourth-order valence-corrected chi connectivity index (χ4v) is 3.54. The number of primary amides is 1. The predicted molar refractivity (Wildman–Crippen MR) is 93.4 cm³/mol. The molecular formula is C17H19BrFN3O2. The van der Waals surface area contributed by atoms with Gasteiger partial charge in [-0.3, -0.25) is 9.69 Å².